The van der Waals surface area contributed by atoms with E-state index < -0.39 is 0 Å². The Balaban J connectivity index is 1.36. The smallest absolute Gasteiger partial charge is 0.234 e. The molecule has 21 heavy (non-hydrogen) atoms. The molecule has 5 nitrogen and oxygen atoms in total. The molecule has 120 valence electrons. The lowest BCUT2D eigenvalue weighted by molar-refractivity contribution is -0.123. The highest BCUT2D eigenvalue weighted by Gasteiger charge is 2.32. The van der Waals surface area contributed by atoms with E-state index in [9.17, 15) is 9.90 Å². The van der Waals surface area contributed by atoms with Crippen molar-refractivity contribution in [1.29, 1.82) is 0 Å². The number of hydrogen-bond donors (Lipinski definition) is 2. The molecule has 2 aliphatic heterocycles. The Labute approximate surface area is 127 Å². The van der Waals surface area contributed by atoms with Crippen molar-refractivity contribution in [3.8, 4) is 0 Å². The summed E-state index contributed by atoms with van der Waals surface area (Å²) in [6.07, 6.45) is 7.13. The Hall–Kier alpha value is -0.650. The van der Waals surface area contributed by atoms with Crippen LogP contribution in [-0.4, -0.2) is 72.2 Å². The predicted molar refractivity (Wildman–Crippen MR) is 82.0 cm³/mol. The summed E-state index contributed by atoms with van der Waals surface area (Å²) < 4.78 is 0. The zero-order valence-electron chi connectivity index (χ0n) is 13.0. The Morgan fingerprint density at radius 1 is 1.10 bits per heavy atom. The molecule has 2 saturated heterocycles. The first-order valence-corrected chi connectivity index (χ1v) is 8.61. The van der Waals surface area contributed by atoms with Crippen LogP contribution in [0.4, 0.5) is 0 Å². The minimum absolute atomic E-state index is 0.165. The molecule has 0 radical (unpaired) electrons. The van der Waals surface area contributed by atoms with Gasteiger partial charge in [-0.1, -0.05) is 0 Å². The predicted octanol–water partition coefficient (Wildman–Crippen LogP) is 0.434. The van der Waals surface area contributed by atoms with Gasteiger partial charge in [-0.25, -0.2) is 0 Å². The maximum atomic E-state index is 12.2. The molecule has 3 rings (SSSR count). The first-order valence-electron chi connectivity index (χ1n) is 8.61. The number of nitrogens with one attached hydrogen (secondary N) is 1. The molecule has 1 unspecified atom stereocenters. The molecular weight excluding hydrogens is 266 g/mol. The van der Waals surface area contributed by atoms with Crippen LogP contribution in [0.5, 0.6) is 0 Å². The highest BCUT2D eigenvalue weighted by atomic mass is 16.3. The van der Waals surface area contributed by atoms with E-state index >= 15 is 0 Å². The van der Waals surface area contributed by atoms with Crippen LogP contribution < -0.4 is 5.32 Å². The van der Waals surface area contributed by atoms with Crippen LogP contribution in [0.2, 0.25) is 0 Å². The summed E-state index contributed by atoms with van der Waals surface area (Å²) in [5.41, 5.74) is 0. The van der Waals surface area contributed by atoms with E-state index in [1.54, 1.807) is 0 Å². The van der Waals surface area contributed by atoms with Gasteiger partial charge in [0.1, 0.15) is 0 Å². The average Bonchev–Trinajstić information content (AvgIpc) is 3.33. The largest absolute Gasteiger partial charge is 0.396 e. The van der Waals surface area contributed by atoms with Gasteiger partial charge in [0.05, 0.1) is 6.54 Å². The SMILES string of the molecule is O=C(CN1CCCC(CO)C1)NC1CCN(C2CC2)CC1. The van der Waals surface area contributed by atoms with Crippen molar-refractivity contribution in [2.24, 2.45) is 5.92 Å². The van der Waals surface area contributed by atoms with E-state index in [4.69, 9.17) is 0 Å². The van der Waals surface area contributed by atoms with Gasteiger partial charge >= 0.3 is 0 Å². The summed E-state index contributed by atoms with van der Waals surface area (Å²) in [5.74, 6) is 0.520. The molecule has 1 amide bonds. The van der Waals surface area contributed by atoms with Crippen molar-refractivity contribution < 1.29 is 9.90 Å². The molecule has 0 aromatic carbocycles. The lowest BCUT2D eigenvalue weighted by Crippen LogP contribution is -2.49. The van der Waals surface area contributed by atoms with Gasteiger partial charge in [0.25, 0.3) is 0 Å². The van der Waals surface area contributed by atoms with E-state index in [-0.39, 0.29) is 12.5 Å². The lowest BCUT2D eigenvalue weighted by atomic mass is 9.99. The topological polar surface area (TPSA) is 55.8 Å². The van der Waals surface area contributed by atoms with Gasteiger partial charge in [0.2, 0.25) is 5.91 Å². The quantitative estimate of drug-likeness (QED) is 0.772. The third kappa shape index (κ3) is 4.41. The van der Waals surface area contributed by atoms with Crippen molar-refractivity contribution in [3.63, 3.8) is 0 Å². The molecular formula is C16H29N3O2. The number of aliphatic hydroxyl groups excluding tert-OH is 1. The molecule has 0 aromatic rings. The molecule has 2 N–H and O–H groups in total. The molecule has 0 aromatic heterocycles. The Bertz CT molecular complexity index is 351. The molecule has 1 saturated carbocycles. The Kier molecular flexibility index (Phi) is 5.14. The van der Waals surface area contributed by atoms with Crippen molar-refractivity contribution >= 4 is 5.91 Å². The fourth-order valence-corrected chi connectivity index (χ4v) is 3.77. The summed E-state index contributed by atoms with van der Waals surface area (Å²) in [6.45, 7) is 4.89. The Morgan fingerprint density at radius 3 is 2.52 bits per heavy atom. The number of rotatable bonds is 5. The third-order valence-electron chi connectivity index (χ3n) is 5.19. The highest BCUT2D eigenvalue weighted by molar-refractivity contribution is 5.78. The van der Waals surface area contributed by atoms with Gasteiger partial charge in [0.15, 0.2) is 0 Å². The fourth-order valence-electron chi connectivity index (χ4n) is 3.77. The number of carbonyl (C=O) groups excluding carboxylic acids is 1. The van der Waals surface area contributed by atoms with Crippen molar-refractivity contribution in [1.82, 2.24) is 15.1 Å². The summed E-state index contributed by atoms with van der Waals surface area (Å²) in [5, 5.41) is 12.5. The minimum atomic E-state index is 0.165. The number of amides is 1. The number of aliphatic hydroxyl groups is 1. The molecule has 0 bridgehead atoms. The molecule has 3 fully saturated rings. The first kappa shape index (κ1) is 15.3. The highest BCUT2D eigenvalue weighted by Crippen LogP contribution is 2.29. The van der Waals surface area contributed by atoms with Gasteiger partial charge in [-0.2, -0.15) is 0 Å². The van der Waals surface area contributed by atoms with E-state index in [2.05, 4.69) is 15.1 Å². The normalized spacial score (nSPS) is 29.5. The zero-order chi connectivity index (χ0) is 14.7. The monoisotopic (exact) mass is 295 g/mol. The van der Waals surface area contributed by atoms with E-state index in [1.807, 2.05) is 0 Å². The third-order valence-corrected chi connectivity index (χ3v) is 5.19. The van der Waals surface area contributed by atoms with Gasteiger partial charge in [-0.05, 0) is 51.0 Å². The second-order valence-corrected chi connectivity index (χ2v) is 7.03. The van der Waals surface area contributed by atoms with Gasteiger partial charge in [-0.15, -0.1) is 0 Å². The number of carbonyl (C=O) groups is 1. The molecule has 2 heterocycles. The summed E-state index contributed by atoms with van der Waals surface area (Å²) in [4.78, 5) is 16.9. The lowest BCUT2D eigenvalue weighted by Gasteiger charge is -2.34. The molecule has 1 atom stereocenters. The second-order valence-electron chi connectivity index (χ2n) is 7.03. The summed E-state index contributed by atoms with van der Waals surface area (Å²) in [7, 11) is 0. The Morgan fingerprint density at radius 2 is 1.86 bits per heavy atom. The maximum absolute atomic E-state index is 12.2. The fraction of sp³-hybridized carbons (Fsp3) is 0.938. The number of hydrogen-bond acceptors (Lipinski definition) is 4. The summed E-state index contributed by atoms with van der Waals surface area (Å²) in [6, 6.07) is 1.22. The van der Waals surface area contributed by atoms with Crippen molar-refractivity contribution in [2.75, 3.05) is 39.3 Å². The summed E-state index contributed by atoms with van der Waals surface area (Å²) >= 11 is 0. The van der Waals surface area contributed by atoms with Crippen LogP contribution in [-0.2, 0) is 4.79 Å². The van der Waals surface area contributed by atoms with Crippen LogP contribution in [0.1, 0.15) is 38.5 Å². The maximum Gasteiger partial charge on any atom is 0.234 e. The number of likely N-dealkylation sites (tertiary alicyclic amines) is 2. The van der Waals surface area contributed by atoms with Crippen molar-refractivity contribution in [3.05, 3.63) is 0 Å². The average molecular weight is 295 g/mol. The molecule has 3 aliphatic rings. The first-order chi connectivity index (χ1) is 10.2. The van der Waals surface area contributed by atoms with Crippen LogP contribution in [0.3, 0.4) is 0 Å². The van der Waals surface area contributed by atoms with E-state index in [0.29, 0.717) is 18.5 Å². The van der Waals surface area contributed by atoms with E-state index in [1.165, 1.54) is 12.8 Å². The van der Waals surface area contributed by atoms with Crippen LogP contribution in [0.15, 0.2) is 0 Å². The standard InChI is InChI=1S/C16H29N3O2/c20-12-13-2-1-7-18(10-13)11-16(21)17-14-5-8-19(9-6-14)15-3-4-15/h13-15,20H,1-12H2,(H,17,21). The number of piperidine rings is 2. The second kappa shape index (κ2) is 7.07. The zero-order valence-corrected chi connectivity index (χ0v) is 13.0. The van der Waals surface area contributed by atoms with Crippen LogP contribution >= 0.6 is 0 Å². The van der Waals surface area contributed by atoms with Crippen LogP contribution in [0.25, 0.3) is 0 Å². The van der Waals surface area contributed by atoms with Crippen LogP contribution in [0, 0.1) is 5.92 Å². The van der Waals surface area contributed by atoms with Gasteiger partial charge in [0, 0.05) is 38.3 Å². The van der Waals surface area contributed by atoms with Gasteiger partial charge in [-0.3, -0.25) is 9.69 Å². The molecule has 0 spiro atoms. The minimum Gasteiger partial charge on any atom is -0.396 e. The molecule has 1 aliphatic carbocycles. The molecule has 5 heteroatoms. The van der Waals surface area contributed by atoms with E-state index in [0.717, 1.165) is 57.9 Å². The van der Waals surface area contributed by atoms with Gasteiger partial charge < -0.3 is 15.3 Å². The number of nitrogens with zero attached hydrogens (tertiary/aromatic N) is 2. The van der Waals surface area contributed by atoms with Crippen molar-refractivity contribution in [2.45, 2.75) is 50.6 Å².